The van der Waals surface area contributed by atoms with Gasteiger partial charge in [-0.15, -0.1) is 10.2 Å². The molecule has 7 nitrogen and oxygen atoms in total. The lowest BCUT2D eigenvalue weighted by atomic mass is 10.2. The van der Waals surface area contributed by atoms with Crippen LogP contribution in [-0.4, -0.2) is 35.4 Å². The number of nitrogens with one attached hydrogen (secondary N) is 1. The Hall–Kier alpha value is -2.76. The monoisotopic (exact) mass is 478 g/mol. The van der Waals surface area contributed by atoms with Crippen molar-refractivity contribution in [1.29, 1.82) is 0 Å². The van der Waals surface area contributed by atoms with Crippen LogP contribution in [0.3, 0.4) is 0 Å². The van der Waals surface area contributed by atoms with Crippen molar-refractivity contribution in [3.8, 4) is 0 Å². The molecule has 4 rings (SSSR count). The van der Waals surface area contributed by atoms with Crippen LogP contribution in [0.1, 0.15) is 44.8 Å². The summed E-state index contributed by atoms with van der Waals surface area (Å²) in [6, 6.07) is 7.67. The molecule has 1 atom stereocenters. The summed E-state index contributed by atoms with van der Waals surface area (Å²) in [5.74, 6) is -2.74. The second kappa shape index (κ2) is 8.64. The minimum absolute atomic E-state index is 0.000461. The zero-order valence-corrected chi connectivity index (χ0v) is 18.9. The van der Waals surface area contributed by atoms with E-state index in [9.17, 15) is 22.0 Å². The maximum atomic E-state index is 13.4. The molecule has 1 fully saturated rings. The van der Waals surface area contributed by atoms with E-state index in [1.165, 1.54) is 10.4 Å². The van der Waals surface area contributed by atoms with Crippen molar-refractivity contribution in [3.05, 3.63) is 69.2 Å². The summed E-state index contributed by atoms with van der Waals surface area (Å²) in [4.78, 5) is 12.7. The Labute approximate surface area is 188 Å². The van der Waals surface area contributed by atoms with Crippen LogP contribution in [0.25, 0.3) is 0 Å². The molecule has 2 aromatic carbocycles. The van der Waals surface area contributed by atoms with Crippen LogP contribution in [-0.2, 0) is 10.0 Å². The zero-order valence-electron chi connectivity index (χ0n) is 17.3. The maximum Gasteiger partial charge on any atom is 0.286 e. The maximum absolute atomic E-state index is 13.4. The molecule has 2 heterocycles. The van der Waals surface area contributed by atoms with Gasteiger partial charge in [-0.25, -0.2) is 17.2 Å². The Morgan fingerprint density at radius 2 is 1.91 bits per heavy atom. The molecule has 0 bridgehead atoms. The van der Waals surface area contributed by atoms with Gasteiger partial charge in [0.25, 0.3) is 5.91 Å². The van der Waals surface area contributed by atoms with E-state index in [1.807, 2.05) is 13.0 Å². The number of benzene rings is 2. The second-order valence-electron chi connectivity index (χ2n) is 7.57. The van der Waals surface area contributed by atoms with Crippen LogP contribution in [0.4, 0.5) is 14.5 Å². The van der Waals surface area contributed by atoms with E-state index in [-0.39, 0.29) is 15.6 Å². The van der Waals surface area contributed by atoms with Gasteiger partial charge < -0.3 is 5.32 Å². The van der Waals surface area contributed by atoms with E-state index in [2.05, 4.69) is 15.5 Å². The lowest BCUT2D eigenvalue weighted by Crippen LogP contribution is -2.31. The third-order valence-corrected chi connectivity index (χ3v) is 8.31. The van der Waals surface area contributed by atoms with Crippen LogP contribution in [0.5, 0.6) is 0 Å². The molecule has 0 radical (unpaired) electrons. The molecule has 32 heavy (non-hydrogen) atoms. The predicted octanol–water partition coefficient (Wildman–Crippen LogP) is 4.21. The van der Waals surface area contributed by atoms with Gasteiger partial charge in [0.05, 0.1) is 10.9 Å². The number of anilines is 1. The Balaban J connectivity index is 1.56. The molecule has 1 aromatic heterocycles. The average molecular weight is 479 g/mol. The van der Waals surface area contributed by atoms with Gasteiger partial charge in [-0.05, 0) is 50.5 Å². The first-order chi connectivity index (χ1) is 15.2. The van der Waals surface area contributed by atoms with Crippen LogP contribution >= 0.6 is 11.3 Å². The molecular weight excluding hydrogens is 458 g/mol. The molecule has 1 aliphatic heterocycles. The van der Waals surface area contributed by atoms with E-state index in [0.717, 1.165) is 29.0 Å². The Morgan fingerprint density at radius 3 is 2.62 bits per heavy atom. The van der Waals surface area contributed by atoms with E-state index in [4.69, 9.17) is 0 Å². The number of carbonyl (C=O) groups is 1. The number of sulfonamides is 1. The molecule has 0 spiro atoms. The van der Waals surface area contributed by atoms with Gasteiger partial charge >= 0.3 is 0 Å². The van der Waals surface area contributed by atoms with Crippen molar-refractivity contribution < 1.29 is 22.0 Å². The number of aryl methyl sites for hydroxylation is 2. The Kier molecular flexibility index (Phi) is 6.06. The third kappa shape index (κ3) is 4.27. The third-order valence-electron chi connectivity index (χ3n) is 5.22. The van der Waals surface area contributed by atoms with Gasteiger partial charge in [0.2, 0.25) is 15.0 Å². The van der Waals surface area contributed by atoms with Gasteiger partial charge in [-0.3, -0.25) is 4.79 Å². The number of hydrogen-bond donors (Lipinski definition) is 1. The van der Waals surface area contributed by atoms with Crippen LogP contribution in [0.2, 0.25) is 0 Å². The summed E-state index contributed by atoms with van der Waals surface area (Å²) < 4.78 is 54.5. The van der Waals surface area contributed by atoms with E-state index < -0.39 is 33.6 Å². The normalized spacial score (nSPS) is 16.9. The van der Waals surface area contributed by atoms with Crippen molar-refractivity contribution in [1.82, 2.24) is 14.5 Å². The van der Waals surface area contributed by atoms with Crippen molar-refractivity contribution in [2.24, 2.45) is 0 Å². The van der Waals surface area contributed by atoms with Gasteiger partial charge in [0.15, 0.2) is 11.6 Å². The summed E-state index contributed by atoms with van der Waals surface area (Å²) in [5, 5.41) is 10.8. The van der Waals surface area contributed by atoms with Crippen molar-refractivity contribution >= 4 is 33.0 Å². The number of nitrogens with zero attached hydrogens (tertiary/aromatic N) is 3. The minimum Gasteiger partial charge on any atom is -0.320 e. The number of hydrogen-bond acceptors (Lipinski definition) is 6. The lowest BCUT2D eigenvalue weighted by Gasteiger charge is -2.23. The topological polar surface area (TPSA) is 92.3 Å². The standard InChI is InChI=1S/C21H20F2N4O3S2/c1-12-5-8-18(13(2)10-12)32(29,30)27-9-3-4-17(27)20-25-26-21(31-20)19(28)24-14-6-7-15(22)16(23)11-14/h5-8,10-11,17H,3-4,9H2,1-2H3,(H,24,28)/t17-/m1/s1. The Bertz CT molecular complexity index is 1290. The molecule has 168 valence electrons. The molecule has 1 aliphatic rings. The zero-order chi connectivity index (χ0) is 23.0. The molecule has 0 aliphatic carbocycles. The average Bonchev–Trinajstić information content (AvgIpc) is 3.40. The van der Waals surface area contributed by atoms with Crippen molar-refractivity contribution in [2.75, 3.05) is 11.9 Å². The van der Waals surface area contributed by atoms with Crippen LogP contribution in [0.15, 0.2) is 41.3 Å². The smallest absolute Gasteiger partial charge is 0.286 e. The van der Waals surface area contributed by atoms with Crippen LogP contribution < -0.4 is 5.32 Å². The largest absolute Gasteiger partial charge is 0.320 e. The highest BCUT2D eigenvalue weighted by molar-refractivity contribution is 7.89. The number of amides is 1. The fourth-order valence-electron chi connectivity index (χ4n) is 3.71. The van der Waals surface area contributed by atoms with Crippen LogP contribution in [0, 0.1) is 25.5 Å². The van der Waals surface area contributed by atoms with E-state index in [0.29, 0.717) is 30.0 Å². The molecule has 0 saturated carbocycles. The summed E-state index contributed by atoms with van der Waals surface area (Å²) in [6.45, 7) is 4.00. The Morgan fingerprint density at radius 1 is 1.12 bits per heavy atom. The molecule has 0 unspecified atom stereocenters. The molecule has 11 heteroatoms. The number of aromatic nitrogens is 2. The molecule has 3 aromatic rings. The highest BCUT2D eigenvalue weighted by Crippen LogP contribution is 2.38. The summed E-state index contributed by atoms with van der Waals surface area (Å²) >= 11 is 0.978. The summed E-state index contributed by atoms with van der Waals surface area (Å²) in [7, 11) is -3.76. The fourth-order valence-corrected chi connectivity index (χ4v) is 6.53. The fraction of sp³-hybridized carbons (Fsp3) is 0.286. The van der Waals surface area contributed by atoms with Gasteiger partial charge in [-0.1, -0.05) is 29.0 Å². The number of rotatable bonds is 5. The van der Waals surface area contributed by atoms with Crippen molar-refractivity contribution in [3.63, 3.8) is 0 Å². The first kappa shape index (κ1) is 22.4. The van der Waals surface area contributed by atoms with E-state index >= 15 is 0 Å². The molecule has 1 saturated heterocycles. The SMILES string of the molecule is Cc1ccc(S(=O)(=O)N2CCC[C@@H]2c2nnc(C(=O)Nc3ccc(F)c(F)c3)s2)c(C)c1. The summed E-state index contributed by atoms with van der Waals surface area (Å²) in [5.41, 5.74) is 1.71. The van der Waals surface area contributed by atoms with Crippen molar-refractivity contribution in [2.45, 2.75) is 37.6 Å². The first-order valence-corrected chi connectivity index (χ1v) is 12.1. The first-order valence-electron chi connectivity index (χ1n) is 9.85. The van der Waals surface area contributed by atoms with E-state index in [1.54, 1.807) is 19.1 Å². The molecule has 1 amide bonds. The van der Waals surface area contributed by atoms with Gasteiger partial charge in [0.1, 0.15) is 5.01 Å². The van der Waals surface area contributed by atoms with Gasteiger partial charge in [-0.2, -0.15) is 4.31 Å². The predicted molar refractivity (Wildman–Crippen MR) is 116 cm³/mol. The lowest BCUT2D eigenvalue weighted by molar-refractivity contribution is 0.102. The molecule has 1 N–H and O–H groups in total. The highest BCUT2D eigenvalue weighted by atomic mass is 32.2. The molecular formula is C21H20F2N4O3S2. The number of carbonyl (C=O) groups excluding carboxylic acids is 1. The van der Waals surface area contributed by atoms with Gasteiger partial charge in [0, 0.05) is 18.3 Å². The quantitative estimate of drug-likeness (QED) is 0.593. The second-order valence-corrected chi connectivity index (χ2v) is 10.4. The number of halogens is 2. The minimum atomic E-state index is -3.76. The highest BCUT2D eigenvalue weighted by Gasteiger charge is 2.39. The summed E-state index contributed by atoms with van der Waals surface area (Å²) in [6.07, 6.45) is 1.22.